The third-order valence-corrected chi connectivity index (χ3v) is 2.27. The highest BCUT2D eigenvalue weighted by Gasteiger charge is 2.21. The molecule has 0 aliphatic carbocycles. The van der Waals surface area contributed by atoms with E-state index in [9.17, 15) is 9.59 Å². The molecule has 0 radical (unpaired) electrons. The van der Waals surface area contributed by atoms with Gasteiger partial charge in [0.15, 0.2) is 0 Å². The lowest BCUT2D eigenvalue weighted by molar-refractivity contribution is -0.128. The number of hydrogen-bond donors (Lipinski definition) is 3. The summed E-state index contributed by atoms with van der Waals surface area (Å²) in [7, 11) is 0. The number of carbonyl (C=O) groups is 2. The number of hydrazine groups is 1. The number of nitrogens with one attached hydrogen (secondary N) is 2. The van der Waals surface area contributed by atoms with Crippen LogP contribution in [0.2, 0.25) is 0 Å². The van der Waals surface area contributed by atoms with E-state index in [-0.39, 0.29) is 24.4 Å². The van der Waals surface area contributed by atoms with Crippen LogP contribution in [0.25, 0.3) is 0 Å². The number of likely N-dealkylation sites (N-methyl/N-ethyl adjacent to an activating group) is 1. The molecule has 0 aliphatic rings. The molecule has 1 unspecified atom stereocenters. The zero-order chi connectivity index (χ0) is 12.7. The first kappa shape index (κ1) is 14.9. The van der Waals surface area contributed by atoms with Crippen molar-refractivity contribution in [3.63, 3.8) is 0 Å². The highest BCUT2D eigenvalue weighted by atomic mass is 16.2. The van der Waals surface area contributed by atoms with E-state index in [0.717, 1.165) is 0 Å². The second kappa shape index (κ2) is 7.19. The Labute approximate surface area is 96.5 Å². The minimum atomic E-state index is -0.409. The molecule has 0 aliphatic heterocycles. The summed E-state index contributed by atoms with van der Waals surface area (Å²) in [6.45, 7) is 8.20. The Morgan fingerprint density at radius 2 is 1.88 bits per heavy atom. The predicted molar refractivity (Wildman–Crippen MR) is 62.3 cm³/mol. The fraction of sp³-hybridized carbons (Fsp3) is 0.800. The topological polar surface area (TPSA) is 87.5 Å². The molecule has 4 N–H and O–H groups in total. The summed E-state index contributed by atoms with van der Waals surface area (Å²) in [6, 6.07) is -0.308. The number of amides is 2. The number of hydrogen-bond acceptors (Lipinski definition) is 4. The van der Waals surface area contributed by atoms with E-state index in [1.54, 1.807) is 11.8 Å². The summed E-state index contributed by atoms with van der Waals surface area (Å²) >= 11 is 0. The Bertz CT molecular complexity index is 243. The fourth-order valence-electron chi connectivity index (χ4n) is 1.36. The van der Waals surface area contributed by atoms with Crippen LogP contribution in [0.15, 0.2) is 0 Å². The third kappa shape index (κ3) is 5.09. The van der Waals surface area contributed by atoms with Gasteiger partial charge in [0.25, 0.3) is 5.91 Å². The Kier molecular flexibility index (Phi) is 6.67. The molecular formula is C10H22N4O2. The van der Waals surface area contributed by atoms with Crippen LogP contribution in [-0.4, -0.2) is 41.9 Å². The Hall–Kier alpha value is -1.14. The third-order valence-electron chi connectivity index (χ3n) is 2.27. The van der Waals surface area contributed by atoms with Gasteiger partial charge in [-0.3, -0.25) is 19.9 Å². The summed E-state index contributed by atoms with van der Waals surface area (Å²) in [4.78, 5) is 24.6. The number of nitrogens with zero attached hydrogens (tertiary/aromatic N) is 1. The van der Waals surface area contributed by atoms with Crippen molar-refractivity contribution in [1.82, 2.24) is 15.6 Å². The molecule has 2 amide bonds. The van der Waals surface area contributed by atoms with Gasteiger partial charge in [-0.25, -0.2) is 5.84 Å². The molecule has 0 aromatic carbocycles. The molecule has 0 aromatic heterocycles. The first-order valence-electron chi connectivity index (χ1n) is 5.46. The largest absolute Gasteiger partial charge is 0.353 e. The predicted octanol–water partition coefficient (Wildman–Crippen LogP) is -0.789. The number of rotatable bonds is 6. The Morgan fingerprint density at radius 1 is 1.31 bits per heavy atom. The van der Waals surface area contributed by atoms with Crippen molar-refractivity contribution in [3.05, 3.63) is 0 Å². The maximum Gasteiger partial charge on any atom is 0.250 e. The van der Waals surface area contributed by atoms with Gasteiger partial charge in [-0.1, -0.05) is 6.92 Å². The molecule has 6 heteroatoms. The van der Waals surface area contributed by atoms with Crippen molar-refractivity contribution in [2.24, 2.45) is 5.84 Å². The highest BCUT2D eigenvalue weighted by molar-refractivity contribution is 5.83. The number of nitrogens with two attached hydrogens (primary N) is 1. The van der Waals surface area contributed by atoms with Crippen molar-refractivity contribution < 1.29 is 9.59 Å². The van der Waals surface area contributed by atoms with Crippen molar-refractivity contribution in [2.75, 3.05) is 13.1 Å². The smallest absolute Gasteiger partial charge is 0.250 e. The molecule has 0 spiro atoms. The van der Waals surface area contributed by atoms with E-state index in [0.29, 0.717) is 6.54 Å². The molecule has 0 heterocycles. The fourth-order valence-corrected chi connectivity index (χ4v) is 1.36. The highest BCUT2D eigenvalue weighted by Crippen LogP contribution is 1.98. The first-order valence-corrected chi connectivity index (χ1v) is 5.46. The van der Waals surface area contributed by atoms with E-state index in [1.165, 1.54) is 0 Å². The molecule has 0 fully saturated rings. The van der Waals surface area contributed by atoms with Gasteiger partial charge in [0.1, 0.15) is 0 Å². The van der Waals surface area contributed by atoms with E-state index in [1.807, 2.05) is 20.8 Å². The SMILES string of the molecule is CCN(CC(=O)NC(C)C)C(C)C(=O)NN. The van der Waals surface area contributed by atoms with E-state index < -0.39 is 6.04 Å². The summed E-state index contributed by atoms with van der Waals surface area (Å²) in [5, 5.41) is 2.78. The standard InChI is InChI=1S/C10H22N4O2/c1-5-14(8(4)10(16)13-11)6-9(15)12-7(2)3/h7-8H,5-6,11H2,1-4H3,(H,12,15)(H,13,16). The Balaban J connectivity index is 4.29. The lowest BCUT2D eigenvalue weighted by atomic mass is 10.2. The molecule has 6 nitrogen and oxygen atoms in total. The molecular weight excluding hydrogens is 208 g/mol. The first-order chi connectivity index (χ1) is 7.42. The van der Waals surface area contributed by atoms with Gasteiger partial charge in [0.2, 0.25) is 5.91 Å². The molecule has 0 aromatic rings. The zero-order valence-electron chi connectivity index (χ0n) is 10.4. The van der Waals surface area contributed by atoms with Crippen LogP contribution in [0.1, 0.15) is 27.7 Å². The van der Waals surface area contributed by atoms with Crippen molar-refractivity contribution in [1.29, 1.82) is 0 Å². The molecule has 0 bridgehead atoms. The zero-order valence-corrected chi connectivity index (χ0v) is 10.4. The molecule has 16 heavy (non-hydrogen) atoms. The van der Waals surface area contributed by atoms with E-state index in [4.69, 9.17) is 5.84 Å². The van der Waals surface area contributed by atoms with Crippen LogP contribution < -0.4 is 16.6 Å². The van der Waals surface area contributed by atoms with Crippen molar-refractivity contribution in [3.8, 4) is 0 Å². The van der Waals surface area contributed by atoms with E-state index >= 15 is 0 Å². The second-order valence-electron chi connectivity index (χ2n) is 3.97. The Morgan fingerprint density at radius 3 is 2.25 bits per heavy atom. The summed E-state index contributed by atoms with van der Waals surface area (Å²) < 4.78 is 0. The molecule has 1 atom stereocenters. The van der Waals surface area contributed by atoms with Gasteiger partial charge >= 0.3 is 0 Å². The van der Waals surface area contributed by atoms with Gasteiger partial charge in [-0.05, 0) is 27.3 Å². The summed E-state index contributed by atoms with van der Waals surface area (Å²) in [5.41, 5.74) is 2.08. The van der Waals surface area contributed by atoms with E-state index in [2.05, 4.69) is 10.7 Å². The van der Waals surface area contributed by atoms with Crippen LogP contribution in [0.5, 0.6) is 0 Å². The number of carbonyl (C=O) groups excluding carboxylic acids is 2. The van der Waals surface area contributed by atoms with Gasteiger partial charge in [0.05, 0.1) is 12.6 Å². The van der Waals surface area contributed by atoms with Gasteiger partial charge in [0, 0.05) is 6.04 Å². The molecule has 0 saturated carbocycles. The van der Waals surface area contributed by atoms with Crippen LogP contribution in [0.3, 0.4) is 0 Å². The monoisotopic (exact) mass is 230 g/mol. The maximum absolute atomic E-state index is 11.5. The van der Waals surface area contributed by atoms with Crippen LogP contribution >= 0.6 is 0 Å². The molecule has 0 rings (SSSR count). The normalized spacial score (nSPS) is 12.7. The average molecular weight is 230 g/mol. The van der Waals surface area contributed by atoms with Gasteiger partial charge < -0.3 is 5.32 Å². The quantitative estimate of drug-likeness (QED) is 0.317. The minimum absolute atomic E-state index is 0.0893. The van der Waals surface area contributed by atoms with Crippen LogP contribution in [-0.2, 0) is 9.59 Å². The van der Waals surface area contributed by atoms with Crippen molar-refractivity contribution in [2.45, 2.75) is 39.8 Å². The molecule has 0 saturated heterocycles. The van der Waals surface area contributed by atoms with Gasteiger partial charge in [-0.2, -0.15) is 0 Å². The lowest BCUT2D eigenvalue weighted by Gasteiger charge is -2.25. The summed E-state index contributed by atoms with van der Waals surface area (Å²) in [5.74, 6) is 4.67. The van der Waals surface area contributed by atoms with Gasteiger partial charge in [-0.15, -0.1) is 0 Å². The van der Waals surface area contributed by atoms with Crippen LogP contribution in [0, 0.1) is 0 Å². The second-order valence-corrected chi connectivity index (χ2v) is 3.97. The summed E-state index contributed by atoms with van der Waals surface area (Å²) in [6.07, 6.45) is 0. The minimum Gasteiger partial charge on any atom is -0.353 e. The van der Waals surface area contributed by atoms with Crippen LogP contribution in [0.4, 0.5) is 0 Å². The average Bonchev–Trinajstić information content (AvgIpc) is 2.22. The molecule has 94 valence electrons. The van der Waals surface area contributed by atoms with Crippen molar-refractivity contribution >= 4 is 11.8 Å². The maximum atomic E-state index is 11.5. The lowest BCUT2D eigenvalue weighted by Crippen LogP contribution is -2.50.